The van der Waals surface area contributed by atoms with E-state index in [4.69, 9.17) is 23.2 Å². The zero-order chi connectivity index (χ0) is 13.7. The Morgan fingerprint density at radius 2 is 2.15 bits per heavy atom. The number of imidazole rings is 1. The Hall–Kier alpha value is -2.05. The number of anilines is 1. The van der Waals surface area contributed by atoms with Crippen molar-refractivity contribution < 1.29 is 0 Å². The zero-order valence-corrected chi connectivity index (χ0v) is 11.5. The molecule has 2 aliphatic heterocycles. The Balaban J connectivity index is 1.83. The summed E-state index contributed by atoms with van der Waals surface area (Å²) in [6, 6.07) is 7.47. The Morgan fingerprint density at radius 1 is 1.25 bits per heavy atom. The topological polar surface area (TPSA) is 68.7 Å². The highest BCUT2D eigenvalue weighted by atomic mass is 35.5. The molecule has 0 spiro atoms. The van der Waals surface area contributed by atoms with Crippen LogP contribution in [-0.4, -0.2) is 27.3 Å². The van der Waals surface area contributed by atoms with Gasteiger partial charge in [0, 0.05) is 10.6 Å². The van der Waals surface area contributed by atoms with Gasteiger partial charge in [-0.1, -0.05) is 35.3 Å². The summed E-state index contributed by atoms with van der Waals surface area (Å²) in [6.45, 7) is 0. The van der Waals surface area contributed by atoms with Gasteiger partial charge in [-0.05, 0) is 12.1 Å². The lowest BCUT2D eigenvalue weighted by atomic mass is 10.2. The summed E-state index contributed by atoms with van der Waals surface area (Å²) in [5.74, 6) is 1.40. The molecule has 0 aliphatic carbocycles. The molecular formula is C12H8Cl2N6. The van der Waals surface area contributed by atoms with E-state index in [9.17, 15) is 0 Å². The number of aromatic nitrogens is 2. The van der Waals surface area contributed by atoms with Gasteiger partial charge in [-0.3, -0.25) is 10.3 Å². The monoisotopic (exact) mass is 306 g/mol. The highest BCUT2D eigenvalue weighted by Crippen LogP contribution is 2.30. The molecular weight excluding hydrogens is 299 g/mol. The number of rotatable bonds is 1. The van der Waals surface area contributed by atoms with E-state index in [1.54, 1.807) is 6.33 Å². The second-order valence-electron chi connectivity index (χ2n) is 4.34. The van der Waals surface area contributed by atoms with Crippen LogP contribution in [0.1, 0.15) is 11.3 Å². The molecule has 2 N–H and O–H groups in total. The highest BCUT2D eigenvalue weighted by Gasteiger charge is 2.37. The number of benzene rings is 1. The number of nitrogens with one attached hydrogen (secondary N) is 2. The van der Waals surface area contributed by atoms with Gasteiger partial charge in [-0.15, -0.1) is 0 Å². The maximum absolute atomic E-state index is 6.11. The first-order valence-electron chi connectivity index (χ1n) is 5.89. The predicted molar refractivity (Wildman–Crippen MR) is 78.4 cm³/mol. The summed E-state index contributed by atoms with van der Waals surface area (Å²) in [6.07, 6.45) is 1.20. The van der Waals surface area contributed by atoms with Crippen molar-refractivity contribution in [3.05, 3.63) is 46.9 Å². The predicted octanol–water partition coefficient (Wildman–Crippen LogP) is 2.12. The first-order chi connectivity index (χ1) is 9.74. The summed E-state index contributed by atoms with van der Waals surface area (Å²) >= 11 is 12.2. The summed E-state index contributed by atoms with van der Waals surface area (Å²) in [5, 5.41) is 5.35. The van der Waals surface area contributed by atoms with Crippen LogP contribution in [0.3, 0.4) is 0 Å². The number of hydrogen-bond donors (Lipinski definition) is 2. The van der Waals surface area contributed by atoms with Gasteiger partial charge in [-0.2, -0.15) is 5.10 Å². The average Bonchev–Trinajstić information content (AvgIpc) is 3.04. The first kappa shape index (κ1) is 11.7. The Kier molecular flexibility index (Phi) is 2.48. The van der Waals surface area contributed by atoms with E-state index in [-0.39, 0.29) is 6.29 Å². The van der Waals surface area contributed by atoms with Crippen LogP contribution in [0.15, 0.2) is 40.7 Å². The summed E-state index contributed by atoms with van der Waals surface area (Å²) in [5.41, 5.74) is 4.50. The minimum Gasteiger partial charge on any atom is -0.341 e. The molecule has 1 unspecified atom stereocenters. The lowest BCUT2D eigenvalue weighted by Crippen LogP contribution is -2.43. The molecule has 4 rings (SSSR count). The lowest BCUT2D eigenvalue weighted by molar-refractivity contribution is 0.602. The Bertz CT molecular complexity index is 750. The van der Waals surface area contributed by atoms with Gasteiger partial charge >= 0.3 is 0 Å². The van der Waals surface area contributed by atoms with Crippen LogP contribution in [-0.2, 0) is 0 Å². The van der Waals surface area contributed by atoms with Gasteiger partial charge in [0.25, 0.3) is 0 Å². The quantitative estimate of drug-likeness (QED) is 0.848. The number of nitrogens with zero attached hydrogens (tertiary/aromatic N) is 4. The summed E-state index contributed by atoms with van der Waals surface area (Å²) < 4.78 is 0. The van der Waals surface area contributed by atoms with Gasteiger partial charge in [-0.25, -0.2) is 9.98 Å². The number of halogens is 2. The normalized spacial score (nSPS) is 19.9. The Morgan fingerprint density at radius 3 is 3.00 bits per heavy atom. The fraction of sp³-hybridized carbons (Fsp3) is 0.0833. The van der Waals surface area contributed by atoms with Crippen LogP contribution in [0.4, 0.5) is 5.82 Å². The smallest absolute Gasteiger partial charge is 0.219 e. The molecule has 0 radical (unpaired) electrons. The van der Waals surface area contributed by atoms with E-state index in [0.29, 0.717) is 27.5 Å². The Labute approximate surface area is 124 Å². The maximum atomic E-state index is 6.11. The van der Waals surface area contributed by atoms with Crippen molar-refractivity contribution in [2.75, 3.05) is 4.90 Å². The second-order valence-corrected chi connectivity index (χ2v) is 5.13. The number of aromatic amines is 1. The molecule has 0 fully saturated rings. The molecule has 20 heavy (non-hydrogen) atoms. The van der Waals surface area contributed by atoms with Crippen LogP contribution in [0.5, 0.6) is 0 Å². The van der Waals surface area contributed by atoms with Crippen molar-refractivity contribution in [1.82, 2.24) is 15.4 Å². The third-order valence-corrected chi connectivity index (χ3v) is 3.65. The van der Waals surface area contributed by atoms with Crippen molar-refractivity contribution in [2.45, 2.75) is 6.29 Å². The molecule has 0 amide bonds. The lowest BCUT2D eigenvalue weighted by Gasteiger charge is -2.26. The van der Waals surface area contributed by atoms with Gasteiger partial charge < -0.3 is 4.98 Å². The first-order valence-corrected chi connectivity index (χ1v) is 6.65. The molecule has 1 aromatic carbocycles. The van der Waals surface area contributed by atoms with E-state index in [1.807, 2.05) is 29.2 Å². The fourth-order valence-electron chi connectivity index (χ4n) is 2.27. The fourth-order valence-corrected chi connectivity index (χ4v) is 2.70. The number of fused-ring (bicyclic) bond motifs is 3. The van der Waals surface area contributed by atoms with Gasteiger partial charge in [0.1, 0.15) is 5.69 Å². The molecule has 2 aromatic rings. The van der Waals surface area contributed by atoms with E-state index >= 15 is 0 Å². The molecule has 100 valence electrons. The molecule has 0 saturated heterocycles. The minimum absolute atomic E-state index is 0.382. The molecule has 8 heteroatoms. The van der Waals surface area contributed by atoms with Crippen LogP contribution in [0.25, 0.3) is 0 Å². The van der Waals surface area contributed by atoms with Crippen LogP contribution in [0, 0.1) is 0 Å². The highest BCUT2D eigenvalue weighted by molar-refractivity contribution is 6.70. The van der Waals surface area contributed by atoms with E-state index in [2.05, 4.69) is 25.5 Å². The van der Waals surface area contributed by atoms with E-state index in [1.165, 1.54) is 0 Å². The third kappa shape index (κ3) is 1.62. The number of hydrazone groups is 1. The molecule has 6 nitrogen and oxygen atoms in total. The van der Waals surface area contributed by atoms with Gasteiger partial charge in [0.05, 0.1) is 6.33 Å². The summed E-state index contributed by atoms with van der Waals surface area (Å²) in [7, 11) is 0. The SMILES string of the molecule is ClC1=NC2NN=C(c3cccc(Cl)c3)N2c2nc[nH]c21. The van der Waals surface area contributed by atoms with Gasteiger partial charge in [0.2, 0.25) is 6.29 Å². The third-order valence-electron chi connectivity index (χ3n) is 3.13. The number of aliphatic imine (C=N–C) groups is 1. The molecule has 1 aromatic heterocycles. The van der Waals surface area contributed by atoms with Crippen LogP contribution < -0.4 is 10.3 Å². The summed E-state index contributed by atoms with van der Waals surface area (Å²) in [4.78, 5) is 13.5. The zero-order valence-electron chi connectivity index (χ0n) is 10.0. The number of hydrogen-bond acceptors (Lipinski definition) is 5. The average molecular weight is 307 g/mol. The van der Waals surface area contributed by atoms with Crippen LogP contribution in [0.2, 0.25) is 5.02 Å². The molecule has 0 bridgehead atoms. The van der Waals surface area contributed by atoms with Crippen molar-refractivity contribution >= 4 is 40.0 Å². The van der Waals surface area contributed by atoms with Crippen LogP contribution >= 0.6 is 23.2 Å². The molecule has 1 atom stereocenters. The number of amidine groups is 1. The number of H-pyrrole nitrogens is 1. The van der Waals surface area contributed by atoms with Crippen molar-refractivity contribution in [3.63, 3.8) is 0 Å². The minimum atomic E-state index is -0.382. The van der Waals surface area contributed by atoms with Crippen molar-refractivity contribution in [1.29, 1.82) is 0 Å². The standard InChI is InChI=1S/C12H8Cl2N6/c13-7-3-1-2-6(4-7)10-18-19-12-17-9(14)8-11(20(10)12)16-5-15-8/h1-5,12,19H,(H,15,16). The van der Waals surface area contributed by atoms with E-state index in [0.717, 1.165) is 5.56 Å². The second kappa shape index (κ2) is 4.22. The van der Waals surface area contributed by atoms with Crippen molar-refractivity contribution in [3.8, 4) is 0 Å². The molecule has 0 saturated carbocycles. The van der Waals surface area contributed by atoms with Gasteiger partial charge in [0.15, 0.2) is 16.8 Å². The largest absolute Gasteiger partial charge is 0.341 e. The van der Waals surface area contributed by atoms with Crippen molar-refractivity contribution in [2.24, 2.45) is 10.1 Å². The van der Waals surface area contributed by atoms with E-state index < -0.39 is 0 Å². The molecule has 2 aliphatic rings. The molecule has 3 heterocycles. The maximum Gasteiger partial charge on any atom is 0.219 e.